The molecule has 6 nitrogen and oxygen atoms in total. The molecule has 2 aromatic rings. The number of rotatable bonds is 5. The number of thioether (sulfide) groups is 1. The summed E-state index contributed by atoms with van der Waals surface area (Å²) >= 11 is 1.53. The van der Waals surface area contributed by atoms with Gasteiger partial charge in [0, 0.05) is 24.8 Å². The van der Waals surface area contributed by atoms with Crippen molar-refractivity contribution in [3.8, 4) is 0 Å². The fraction of sp³-hybridized carbons (Fsp3) is 0.462. The Balaban J connectivity index is 1.68. The molecule has 1 atom stereocenters. The van der Waals surface area contributed by atoms with Crippen LogP contribution in [0.5, 0.6) is 0 Å². The molecule has 1 N–H and O–H groups in total. The molecule has 1 aliphatic rings. The normalized spacial score (nSPS) is 18.5. The SMILES string of the molecule is O=c1[nH]nc(SCc2cccnc2)n1CC1CCCO1. The first-order chi connectivity index (χ1) is 9.83. The van der Waals surface area contributed by atoms with Gasteiger partial charge in [-0.3, -0.25) is 9.55 Å². The third-order valence-corrected chi connectivity index (χ3v) is 4.27. The summed E-state index contributed by atoms with van der Waals surface area (Å²) in [5, 5.41) is 7.30. The van der Waals surface area contributed by atoms with Gasteiger partial charge in [-0.05, 0) is 24.5 Å². The number of aromatic amines is 1. The van der Waals surface area contributed by atoms with Gasteiger partial charge in [-0.25, -0.2) is 9.89 Å². The third kappa shape index (κ3) is 3.10. The van der Waals surface area contributed by atoms with Crippen molar-refractivity contribution in [2.75, 3.05) is 6.61 Å². The topological polar surface area (TPSA) is 72.8 Å². The second-order valence-corrected chi connectivity index (χ2v) is 5.65. The lowest BCUT2D eigenvalue weighted by molar-refractivity contribution is 0.0941. The predicted molar refractivity (Wildman–Crippen MR) is 75.6 cm³/mol. The maximum Gasteiger partial charge on any atom is 0.344 e. The molecule has 3 heterocycles. The molecule has 0 radical (unpaired) electrons. The van der Waals surface area contributed by atoms with Gasteiger partial charge in [-0.1, -0.05) is 17.8 Å². The molecule has 1 saturated heterocycles. The first-order valence-corrected chi connectivity index (χ1v) is 7.60. The van der Waals surface area contributed by atoms with E-state index in [2.05, 4.69) is 15.2 Å². The minimum atomic E-state index is -0.172. The molecule has 2 aromatic heterocycles. The number of hydrogen-bond donors (Lipinski definition) is 1. The van der Waals surface area contributed by atoms with E-state index in [4.69, 9.17) is 4.74 Å². The van der Waals surface area contributed by atoms with Crippen LogP contribution in [0.15, 0.2) is 34.5 Å². The standard InChI is InChI=1S/C13H16N4O2S/c18-12-15-16-13(17(12)8-11-4-2-6-19-11)20-9-10-3-1-5-14-7-10/h1,3,5,7,11H,2,4,6,8-9H2,(H,15,18). The van der Waals surface area contributed by atoms with Gasteiger partial charge >= 0.3 is 5.69 Å². The van der Waals surface area contributed by atoms with Gasteiger partial charge in [-0.2, -0.15) is 0 Å². The van der Waals surface area contributed by atoms with E-state index in [1.54, 1.807) is 10.8 Å². The summed E-state index contributed by atoms with van der Waals surface area (Å²) in [5.74, 6) is 0.740. The number of hydrogen-bond acceptors (Lipinski definition) is 5. The summed E-state index contributed by atoms with van der Waals surface area (Å²) in [5.41, 5.74) is 0.936. The van der Waals surface area contributed by atoms with E-state index < -0.39 is 0 Å². The smallest absolute Gasteiger partial charge is 0.344 e. The zero-order valence-electron chi connectivity index (χ0n) is 11.0. The van der Waals surface area contributed by atoms with Crippen molar-refractivity contribution in [2.24, 2.45) is 0 Å². The van der Waals surface area contributed by atoms with Crippen LogP contribution in [0.3, 0.4) is 0 Å². The lowest BCUT2D eigenvalue weighted by Crippen LogP contribution is -2.24. The van der Waals surface area contributed by atoms with Gasteiger partial charge in [0.25, 0.3) is 0 Å². The lowest BCUT2D eigenvalue weighted by Gasteiger charge is -2.10. The van der Waals surface area contributed by atoms with Crippen molar-refractivity contribution in [3.63, 3.8) is 0 Å². The molecule has 1 aliphatic heterocycles. The van der Waals surface area contributed by atoms with Crippen LogP contribution in [-0.4, -0.2) is 32.5 Å². The molecule has 20 heavy (non-hydrogen) atoms. The Kier molecular flexibility index (Phi) is 4.17. The van der Waals surface area contributed by atoms with Crippen LogP contribution >= 0.6 is 11.8 Å². The van der Waals surface area contributed by atoms with E-state index in [9.17, 15) is 4.79 Å². The minimum absolute atomic E-state index is 0.128. The maximum atomic E-state index is 11.8. The highest BCUT2D eigenvalue weighted by atomic mass is 32.2. The minimum Gasteiger partial charge on any atom is -0.376 e. The van der Waals surface area contributed by atoms with E-state index in [0.717, 1.165) is 30.8 Å². The average molecular weight is 292 g/mol. The molecule has 7 heteroatoms. The molecule has 0 aromatic carbocycles. The summed E-state index contributed by atoms with van der Waals surface area (Å²) in [6.45, 7) is 1.36. The Bertz CT molecular complexity index is 604. The van der Waals surface area contributed by atoms with Gasteiger partial charge in [0.1, 0.15) is 0 Å². The van der Waals surface area contributed by atoms with Crippen LogP contribution in [0.25, 0.3) is 0 Å². The Morgan fingerprint density at radius 1 is 1.55 bits per heavy atom. The molecule has 1 fully saturated rings. The number of nitrogens with zero attached hydrogens (tertiary/aromatic N) is 3. The molecule has 0 aliphatic carbocycles. The monoisotopic (exact) mass is 292 g/mol. The first-order valence-electron chi connectivity index (χ1n) is 6.61. The Labute approximate surface area is 120 Å². The highest BCUT2D eigenvalue weighted by molar-refractivity contribution is 7.98. The zero-order valence-corrected chi connectivity index (χ0v) is 11.8. The van der Waals surface area contributed by atoms with E-state index in [1.807, 2.05) is 18.3 Å². The molecule has 1 unspecified atom stereocenters. The van der Waals surface area contributed by atoms with Crippen LogP contribution in [-0.2, 0) is 17.0 Å². The predicted octanol–water partition coefficient (Wildman–Crippen LogP) is 1.44. The van der Waals surface area contributed by atoms with Crippen molar-refractivity contribution >= 4 is 11.8 Å². The summed E-state index contributed by atoms with van der Waals surface area (Å²) < 4.78 is 7.24. The van der Waals surface area contributed by atoms with Crippen LogP contribution in [0, 0.1) is 0 Å². The fourth-order valence-corrected chi connectivity index (χ4v) is 3.09. The van der Waals surface area contributed by atoms with Gasteiger partial charge in [0.2, 0.25) is 0 Å². The van der Waals surface area contributed by atoms with E-state index in [0.29, 0.717) is 11.7 Å². The largest absolute Gasteiger partial charge is 0.376 e. The molecule has 0 bridgehead atoms. The van der Waals surface area contributed by atoms with Gasteiger partial charge in [-0.15, -0.1) is 5.10 Å². The van der Waals surface area contributed by atoms with Crippen molar-refractivity contribution in [3.05, 3.63) is 40.6 Å². The van der Waals surface area contributed by atoms with Crippen LogP contribution in [0.2, 0.25) is 0 Å². The molecule has 0 spiro atoms. The second kappa shape index (κ2) is 6.23. The summed E-state index contributed by atoms with van der Waals surface area (Å²) in [6, 6.07) is 3.91. The van der Waals surface area contributed by atoms with E-state index >= 15 is 0 Å². The zero-order chi connectivity index (χ0) is 13.8. The van der Waals surface area contributed by atoms with Crippen molar-refractivity contribution in [1.82, 2.24) is 19.7 Å². The second-order valence-electron chi connectivity index (χ2n) is 4.71. The quantitative estimate of drug-likeness (QED) is 0.844. The van der Waals surface area contributed by atoms with Crippen LogP contribution in [0.1, 0.15) is 18.4 Å². The first kappa shape index (κ1) is 13.4. The summed E-state index contributed by atoms with van der Waals surface area (Å²) in [4.78, 5) is 15.9. The van der Waals surface area contributed by atoms with Gasteiger partial charge in [0.05, 0.1) is 12.6 Å². The van der Waals surface area contributed by atoms with E-state index in [-0.39, 0.29) is 11.8 Å². The van der Waals surface area contributed by atoms with E-state index in [1.165, 1.54) is 11.8 Å². The summed E-state index contributed by atoms with van der Waals surface area (Å²) in [7, 11) is 0. The molecule has 0 saturated carbocycles. The van der Waals surface area contributed by atoms with Gasteiger partial charge in [0.15, 0.2) is 5.16 Å². The highest BCUT2D eigenvalue weighted by Crippen LogP contribution is 2.21. The number of aromatic nitrogens is 4. The van der Waals surface area contributed by atoms with Gasteiger partial charge < -0.3 is 4.74 Å². The van der Waals surface area contributed by atoms with Crippen molar-refractivity contribution in [2.45, 2.75) is 36.4 Å². The molecular weight excluding hydrogens is 276 g/mol. The third-order valence-electron chi connectivity index (χ3n) is 3.22. The van der Waals surface area contributed by atoms with Crippen LogP contribution in [0.4, 0.5) is 0 Å². The number of ether oxygens (including phenoxy) is 1. The maximum absolute atomic E-state index is 11.8. The average Bonchev–Trinajstić information content (AvgIpc) is 3.10. The van der Waals surface area contributed by atoms with Crippen molar-refractivity contribution < 1.29 is 4.74 Å². The molecule has 0 amide bonds. The van der Waals surface area contributed by atoms with Crippen molar-refractivity contribution in [1.29, 1.82) is 0 Å². The Morgan fingerprint density at radius 3 is 3.25 bits per heavy atom. The van der Waals surface area contributed by atoms with Crippen LogP contribution < -0.4 is 5.69 Å². The fourth-order valence-electron chi connectivity index (χ4n) is 2.20. The number of H-pyrrole nitrogens is 1. The Hall–Kier alpha value is -1.60. The molecule has 3 rings (SSSR count). The molecule has 106 valence electrons. The lowest BCUT2D eigenvalue weighted by atomic mass is 10.2. The number of pyridine rings is 1. The molecular formula is C13H16N4O2S. The highest BCUT2D eigenvalue weighted by Gasteiger charge is 2.19. The summed E-state index contributed by atoms with van der Waals surface area (Å²) in [6.07, 6.45) is 5.76. The number of nitrogens with one attached hydrogen (secondary N) is 1. The Morgan fingerprint density at radius 2 is 2.50 bits per heavy atom.